The van der Waals surface area contributed by atoms with Gasteiger partial charge >= 0.3 is 0 Å². The van der Waals surface area contributed by atoms with Crippen molar-refractivity contribution in [2.75, 3.05) is 26.3 Å². The van der Waals surface area contributed by atoms with Gasteiger partial charge in [0.25, 0.3) is 0 Å². The Morgan fingerprint density at radius 3 is 1.36 bits per heavy atom. The summed E-state index contributed by atoms with van der Waals surface area (Å²) in [5, 5.41) is 0. The lowest BCUT2D eigenvalue weighted by atomic mass is 9.86. The van der Waals surface area contributed by atoms with E-state index in [2.05, 4.69) is 51.3 Å². The van der Waals surface area contributed by atoms with Gasteiger partial charge in [-0.1, -0.05) is 54.4 Å². The molecule has 0 saturated heterocycles. The number of rotatable bonds is 16. The quantitative estimate of drug-likeness (QED) is 0.273. The normalized spacial score (nSPS) is 17.4. The van der Waals surface area contributed by atoms with Crippen LogP contribution in [0.3, 0.4) is 0 Å². The number of hydrogen-bond donors (Lipinski definition) is 0. The second-order valence-corrected chi connectivity index (χ2v) is 12.2. The summed E-state index contributed by atoms with van der Waals surface area (Å²) < 4.78 is 6.27. The Balaban J connectivity index is 1.86. The molecule has 2 amide bonds. The lowest BCUT2D eigenvalue weighted by Gasteiger charge is -2.43. The molecule has 2 rings (SSSR count). The zero-order valence-electron chi connectivity index (χ0n) is 22.6. The van der Waals surface area contributed by atoms with Crippen molar-refractivity contribution in [1.29, 1.82) is 0 Å². The second-order valence-electron chi connectivity index (χ2n) is 12.2. The van der Waals surface area contributed by atoms with Crippen LogP contribution in [0, 0.1) is 10.8 Å². The molecule has 0 heterocycles. The minimum Gasteiger partial charge on any atom is -0.380 e. The van der Waals surface area contributed by atoms with Crippen LogP contribution in [0.25, 0.3) is 0 Å². The topological polar surface area (TPSA) is 49.9 Å². The summed E-state index contributed by atoms with van der Waals surface area (Å²) in [5.74, 6) is 0.633. The molecule has 5 nitrogen and oxygen atoms in total. The molecule has 0 radical (unpaired) electrons. The van der Waals surface area contributed by atoms with Crippen molar-refractivity contribution < 1.29 is 14.3 Å². The largest absolute Gasteiger partial charge is 0.380 e. The molecule has 0 aromatic carbocycles. The third-order valence-corrected chi connectivity index (χ3v) is 7.34. The fourth-order valence-electron chi connectivity index (χ4n) is 4.80. The van der Waals surface area contributed by atoms with Crippen LogP contribution in [0.15, 0.2) is 0 Å². The molecule has 0 spiro atoms. The number of carbonyl (C=O) groups is 2. The SMILES string of the molecule is CCCCC(=O)N(CC(C)(C)COCC(C)(C)CN(C(=O)CCCC)C1CCC1)C1CCC1. The Morgan fingerprint density at radius 1 is 0.727 bits per heavy atom. The smallest absolute Gasteiger partial charge is 0.222 e. The zero-order chi connectivity index (χ0) is 24.5. The summed E-state index contributed by atoms with van der Waals surface area (Å²) in [6.07, 6.45) is 12.5. The van der Waals surface area contributed by atoms with Gasteiger partial charge < -0.3 is 14.5 Å². The van der Waals surface area contributed by atoms with E-state index >= 15 is 0 Å². The van der Waals surface area contributed by atoms with Crippen LogP contribution in [0.1, 0.15) is 119 Å². The first-order valence-corrected chi connectivity index (χ1v) is 13.8. The van der Waals surface area contributed by atoms with Gasteiger partial charge in [-0.15, -0.1) is 0 Å². The van der Waals surface area contributed by atoms with Gasteiger partial charge in [0.05, 0.1) is 13.2 Å². The van der Waals surface area contributed by atoms with Crippen molar-refractivity contribution in [3.8, 4) is 0 Å². The fraction of sp³-hybridized carbons (Fsp3) is 0.929. The predicted molar refractivity (Wildman–Crippen MR) is 136 cm³/mol. The summed E-state index contributed by atoms with van der Waals surface area (Å²) >= 11 is 0. The van der Waals surface area contributed by atoms with Crippen LogP contribution in [0.5, 0.6) is 0 Å². The van der Waals surface area contributed by atoms with E-state index in [4.69, 9.17) is 4.74 Å². The fourth-order valence-corrected chi connectivity index (χ4v) is 4.80. The van der Waals surface area contributed by atoms with E-state index in [1.54, 1.807) is 0 Å². The highest BCUT2D eigenvalue weighted by molar-refractivity contribution is 5.77. The van der Waals surface area contributed by atoms with E-state index in [-0.39, 0.29) is 10.8 Å². The maximum Gasteiger partial charge on any atom is 0.222 e. The van der Waals surface area contributed by atoms with E-state index < -0.39 is 0 Å². The minimum absolute atomic E-state index is 0.0852. The van der Waals surface area contributed by atoms with Crippen LogP contribution in [0.4, 0.5) is 0 Å². The van der Waals surface area contributed by atoms with Crippen molar-refractivity contribution in [3.05, 3.63) is 0 Å². The molecule has 0 N–H and O–H groups in total. The summed E-state index contributed by atoms with van der Waals surface area (Å²) in [7, 11) is 0. The molecule has 192 valence electrons. The average molecular weight is 465 g/mol. The van der Waals surface area contributed by atoms with Crippen molar-refractivity contribution in [2.45, 2.75) is 131 Å². The van der Waals surface area contributed by atoms with E-state index in [1.807, 2.05) is 0 Å². The molecule has 0 aliphatic heterocycles. The summed E-state index contributed by atoms with van der Waals surface area (Å²) in [5.41, 5.74) is -0.170. The molecule has 5 heteroatoms. The molecule has 0 aromatic heterocycles. The Labute approximate surface area is 204 Å². The number of unbranched alkanes of at least 4 members (excludes halogenated alkanes) is 2. The van der Waals surface area contributed by atoms with Crippen molar-refractivity contribution in [2.24, 2.45) is 10.8 Å². The number of amides is 2. The van der Waals surface area contributed by atoms with Gasteiger partial charge in [0, 0.05) is 48.8 Å². The van der Waals surface area contributed by atoms with Crippen LogP contribution in [-0.2, 0) is 14.3 Å². The Kier molecular flexibility index (Phi) is 11.2. The van der Waals surface area contributed by atoms with Crippen LogP contribution in [-0.4, -0.2) is 60.0 Å². The molecule has 0 unspecified atom stereocenters. The number of nitrogens with zero attached hydrogens (tertiary/aromatic N) is 2. The first kappa shape index (κ1) is 28.1. The van der Waals surface area contributed by atoms with Crippen LogP contribution in [0.2, 0.25) is 0 Å². The van der Waals surface area contributed by atoms with E-state index in [1.165, 1.54) is 12.8 Å². The lowest BCUT2D eigenvalue weighted by Crippen LogP contribution is -2.50. The van der Waals surface area contributed by atoms with Gasteiger partial charge in [-0.3, -0.25) is 9.59 Å². The second kappa shape index (κ2) is 13.1. The van der Waals surface area contributed by atoms with Crippen molar-refractivity contribution in [1.82, 2.24) is 9.80 Å². The summed E-state index contributed by atoms with van der Waals surface area (Å²) in [4.78, 5) is 30.0. The monoisotopic (exact) mass is 464 g/mol. The lowest BCUT2D eigenvalue weighted by molar-refractivity contribution is -0.138. The predicted octanol–water partition coefficient (Wildman–Crippen LogP) is 6.20. The molecule has 0 bridgehead atoms. The number of hydrogen-bond acceptors (Lipinski definition) is 3. The minimum atomic E-state index is -0.0852. The van der Waals surface area contributed by atoms with Crippen LogP contribution < -0.4 is 0 Å². The third-order valence-electron chi connectivity index (χ3n) is 7.34. The molecule has 2 fully saturated rings. The van der Waals surface area contributed by atoms with E-state index in [9.17, 15) is 9.59 Å². The Morgan fingerprint density at radius 2 is 1.09 bits per heavy atom. The van der Waals surface area contributed by atoms with Gasteiger partial charge in [-0.25, -0.2) is 0 Å². The van der Waals surface area contributed by atoms with Gasteiger partial charge in [-0.05, 0) is 51.4 Å². The molecule has 33 heavy (non-hydrogen) atoms. The Hall–Kier alpha value is -1.10. The van der Waals surface area contributed by atoms with E-state index in [0.717, 1.165) is 64.5 Å². The third kappa shape index (κ3) is 9.22. The molecule has 0 aromatic rings. The molecule has 2 saturated carbocycles. The standard InChI is InChI=1S/C28H52N2O3/c1-7-9-17-25(31)29(23-13-11-14-23)19-27(3,4)21-33-22-28(5,6)20-30(24-15-12-16-24)26(32)18-10-8-2/h23-24H,7-22H2,1-6H3. The first-order valence-electron chi connectivity index (χ1n) is 13.8. The first-order chi connectivity index (χ1) is 15.6. The average Bonchev–Trinajstić information content (AvgIpc) is 2.65. The van der Waals surface area contributed by atoms with Crippen molar-refractivity contribution in [3.63, 3.8) is 0 Å². The van der Waals surface area contributed by atoms with Gasteiger partial charge in [0.1, 0.15) is 0 Å². The molecule has 2 aliphatic carbocycles. The highest BCUT2D eigenvalue weighted by Crippen LogP contribution is 2.31. The molecular formula is C28H52N2O3. The molecule has 2 aliphatic rings. The zero-order valence-corrected chi connectivity index (χ0v) is 22.6. The maximum atomic E-state index is 12.9. The maximum absolute atomic E-state index is 12.9. The molecular weight excluding hydrogens is 412 g/mol. The van der Waals surface area contributed by atoms with Gasteiger partial charge in [0.2, 0.25) is 11.8 Å². The summed E-state index contributed by atoms with van der Waals surface area (Å²) in [6, 6.07) is 0.852. The van der Waals surface area contributed by atoms with E-state index in [0.29, 0.717) is 50.0 Å². The Bertz CT molecular complexity index is 556. The highest BCUT2D eigenvalue weighted by Gasteiger charge is 2.35. The van der Waals surface area contributed by atoms with Gasteiger partial charge in [-0.2, -0.15) is 0 Å². The summed E-state index contributed by atoms with van der Waals surface area (Å²) in [6.45, 7) is 16.0. The highest BCUT2D eigenvalue weighted by atomic mass is 16.5. The molecule has 0 atom stereocenters. The van der Waals surface area contributed by atoms with Gasteiger partial charge in [0.15, 0.2) is 0 Å². The number of ether oxygens (including phenoxy) is 1. The van der Waals surface area contributed by atoms with Crippen molar-refractivity contribution >= 4 is 11.8 Å². The van der Waals surface area contributed by atoms with Crippen LogP contribution >= 0.6 is 0 Å². The number of carbonyl (C=O) groups excluding carboxylic acids is 2.